The SMILES string of the molecule is CC([CH]OO)C(C)C(OO)C(C)(C)C. The van der Waals surface area contributed by atoms with Crippen molar-refractivity contribution in [3.05, 3.63) is 6.61 Å². The minimum atomic E-state index is -0.302. The number of rotatable bonds is 5. The van der Waals surface area contributed by atoms with Gasteiger partial charge >= 0.3 is 0 Å². The first-order valence-electron chi connectivity index (χ1n) is 4.78. The molecule has 4 nitrogen and oxygen atoms in total. The second-order valence-corrected chi connectivity index (χ2v) is 4.85. The van der Waals surface area contributed by atoms with Gasteiger partial charge in [0.25, 0.3) is 0 Å². The maximum absolute atomic E-state index is 8.83. The zero-order chi connectivity index (χ0) is 11.4. The standard InChI is InChI=1S/C10H21O4/c1-7(6-13-11)8(2)9(14-12)10(3,4)5/h6-9,11-12H,1-5H3. The smallest absolute Gasteiger partial charge is 0.125 e. The molecule has 3 unspecified atom stereocenters. The lowest BCUT2D eigenvalue weighted by atomic mass is 9.77. The summed E-state index contributed by atoms with van der Waals surface area (Å²) in [7, 11) is 0. The first-order valence-corrected chi connectivity index (χ1v) is 4.78. The van der Waals surface area contributed by atoms with Gasteiger partial charge in [0, 0.05) is 0 Å². The summed E-state index contributed by atoms with van der Waals surface area (Å²) in [6, 6.07) is 0. The van der Waals surface area contributed by atoms with E-state index in [1.807, 2.05) is 34.6 Å². The van der Waals surface area contributed by atoms with Crippen LogP contribution in [0.15, 0.2) is 0 Å². The molecule has 0 bridgehead atoms. The van der Waals surface area contributed by atoms with Crippen molar-refractivity contribution in [1.29, 1.82) is 0 Å². The normalized spacial score (nSPS) is 19.1. The van der Waals surface area contributed by atoms with Crippen molar-refractivity contribution >= 4 is 0 Å². The van der Waals surface area contributed by atoms with Crippen LogP contribution < -0.4 is 0 Å². The Morgan fingerprint density at radius 1 is 1.14 bits per heavy atom. The molecule has 0 aliphatic carbocycles. The Labute approximate surface area is 85.7 Å². The Kier molecular flexibility index (Phi) is 5.59. The minimum Gasteiger partial charge on any atom is -0.252 e. The Hall–Kier alpha value is -0.160. The van der Waals surface area contributed by atoms with E-state index in [1.54, 1.807) is 0 Å². The molecule has 0 heterocycles. The highest BCUT2D eigenvalue weighted by Gasteiger charge is 2.34. The second-order valence-electron chi connectivity index (χ2n) is 4.85. The van der Waals surface area contributed by atoms with Crippen molar-refractivity contribution in [1.82, 2.24) is 0 Å². The monoisotopic (exact) mass is 205 g/mol. The van der Waals surface area contributed by atoms with Crippen molar-refractivity contribution in [2.24, 2.45) is 17.3 Å². The number of hydrogen-bond acceptors (Lipinski definition) is 4. The molecule has 0 aromatic heterocycles. The van der Waals surface area contributed by atoms with Gasteiger partial charge in [-0.15, -0.1) is 0 Å². The lowest BCUT2D eigenvalue weighted by molar-refractivity contribution is -0.315. The molecule has 0 rings (SSSR count). The van der Waals surface area contributed by atoms with Crippen LogP contribution in [0.25, 0.3) is 0 Å². The Balaban J connectivity index is 4.38. The van der Waals surface area contributed by atoms with Gasteiger partial charge < -0.3 is 0 Å². The maximum Gasteiger partial charge on any atom is 0.125 e. The van der Waals surface area contributed by atoms with Gasteiger partial charge in [0.15, 0.2) is 0 Å². The molecule has 3 atom stereocenters. The van der Waals surface area contributed by atoms with Crippen LogP contribution in [0.2, 0.25) is 0 Å². The molecule has 14 heavy (non-hydrogen) atoms. The van der Waals surface area contributed by atoms with E-state index in [9.17, 15) is 0 Å². The predicted molar refractivity (Wildman–Crippen MR) is 53.3 cm³/mol. The molecule has 0 aromatic carbocycles. The third-order valence-corrected chi connectivity index (χ3v) is 2.55. The quantitative estimate of drug-likeness (QED) is 0.535. The summed E-state index contributed by atoms with van der Waals surface area (Å²) in [5.41, 5.74) is -0.161. The fraction of sp³-hybridized carbons (Fsp3) is 0.900. The van der Waals surface area contributed by atoms with Crippen molar-refractivity contribution in [2.45, 2.75) is 40.7 Å². The lowest BCUT2D eigenvalue weighted by Crippen LogP contribution is -2.37. The van der Waals surface area contributed by atoms with Crippen molar-refractivity contribution < 1.29 is 20.3 Å². The molecule has 0 aromatic rings. The highest BCUT2D eigenvalue weighted by molar-refractivity contribution is 4.83. The molecule has 85 valence electrons. The molecular weight excluding hydrogens is 184 g/mol. The van der Waals surface area contributed by atoms with E-state index in [4.69, 9.17) is 10.5 Å². The van der Waals surface area contributed by atoms with Crippen molar-refractivity contribution in [2.75, 3.05) is 0 Å². The summed E-state index contributed by atoms with van der Waals surface area (Å²) in [4.78, 5) is 8.46. The van der Waals surface area contributed by atoms with E-state index in [-0.39, 0.29) is 23.4 Å². The van der Waals surface area contributed by atoms with Crippen molar-refractivity contribution in [3.63, 3.8) is 0 Å². The van der Waals surface area contributed by atoms with Crippen LogP contribution >= 0.6 is 0 Å². The Morgan fingerprint density at radius 2 is 1.64 bits per heavy atom. The highest BCUT2D eigenvalue weighted by atomic mass is 17.1. The average Bonchev–Trinajstić information content (AvgIpc) is 2.03. The van der Waals surface area contributed by atoms with E-state index >= 15 is 0 Å². The van der Waals surface area contributed by atoms with Gasteiger partial charge in [-0.05, 0) is 17.3 Å². The van der Waals surface area contributed by atoms with Crippen LogP contribution in [0, 0.1) is 23.9 Å². The first-order chi connectivity index (χ1) is 6.34. The topological polar surface area (TPSA) is 58.9 Å². The summed E-state index contributed by atoms with van der Waals surface area (Å²) in [5.74, 6) is 0.0449. The van der Waals surface area contributed by atoms with Crippen LogP contribution in [0.5, 0.6) is 0 Å². The van der Waals surface area contributed by atoms with E-state index in [0.29, 0.717) is 0 Å². The fourth-order valence-electron chi connectivity index (χ4n) is 1.54. The molecule has 4 heteroatoms. The zero-order valence-electron chi connectivity index (χ0n) is 9.52. The van der Waals surface area contributed by atoms with Gasteiger partial charge in [-0.2, -0.15) is 0 Å². The van der Waals surface area contributed by atoms with Gasteiger partial charge in [-0.25, -0.2) is 9.78 Å². The van der Waals surface area contributed by atoms with Gasteiger partial charge in [-0.1, -0.05) is 34.6 Å². The van der Waals surface area contributed by atoms with Crippen LogP contribution in [0.1, 0.15) is 34.6 Å². The largest absolute Gasteiger partial charge is 0.252 e. The molecule has 0 spiro atoms. The van der Waals surface area contributed by atoms with Crippen LogP contribution in [-0.4, -0.2) is 16.6 Å². The average molecular weight is 205 g/mol. The third kappa shape index (κ3) is 3.92. The summed E-state index contributed by atoms with van der Waals surface area (Å²) in [6.45, 7) is 11.1. The molecule has 0 fully saturated rings. The Morgan fingerprint density at radius 3 is 1.93 bits per heavy atom. The second kappa shape index (κ2) is 5.66. The lowest BCUT2D eigenvalue weighted by Gasteiger charge is -2.34. The fourth-order valence-corrected chi connectivity index (χ4v) is 1.54. The van der Waals surface area contributed by atoms with Crippen molar-refractivity contribution in [3.8, 4) is 0 Å². The zero-order valence-corrected chi connectivity index (χ0v) is 9.52. The molecule has 0 amide bonds. The molecule has 2 N–H and O–H groups in total. The predicted octanol–water partition coefficient (Wildman–Crippen LogP) is 2.81. The molecule has 0 saturated heterocycles. The minimum absolute atomic E-state index is 0.00336. The molecule has 0 saturated carbocycles. The third-order valence-electron chi connectivity index (χ3n) is 2.55. The summed E-state index contributed by atoms with van der Waals surface area (Å²) in [5, 5.41) is 17.1. The van der Waals surface area contributed by atoms with Crippen LogP contribution in [0.4, 0.5) is 0 Å². The van der Waals surface area contributed by atoms with Gasteiger partial charge in [-0.3, -0.25) is 10.5 Å². The van der Waals surface area contributed by atoms with Gasteiger partial charge in [0.1, 0.15) is 12.7 Å². The molecule has 0 aliphatic heterocycles. The van der Waals surface area contributed by atoms with Crippen LogP contribution in [0.3, 0.4) is 0 Å². The van der Waals surface area contributed by atoms with E-state index in [2.05, 4.69) is 9.78 Å². The van der Waals surface area contributed by atoms with E-state index < -0.39 is 0 Å². The van der Waals surface area contributed by atoms with E-state index in [1.165, 1.54) is 6.61 Å². The van der Waals surface area contributed by atoms with Gasteiger partial charge in [0.05, 0.1) is 0 Å². The first kappa shape index (κ1) is 13.8. The van der Waals surface area contributed by atoms with E-state index in [0.717, 1.165) is 0 Å². The van der Waals surface area contributed by atoms with Crippen LogP contribution in [-0.2, 0) is 9.78 Å². The number of hydrogen-bond donors (Lipinski definition) is 2. The molecule has 0 aliphatic rings. The summed E-state index contributed by atoms with van der Waals surface area (Å²) >= 11 is 0. The summed E-state index contributed by atoms with van der Waals surface area (Å²) in [6.07, 6.45) is -0.302. The maximum atomic E-state index is 8.83. The molecule has 1 radical (unpaired) electrons. The highest BCUT2D eigenvalue weighted by Crippen LogP contribution is 2.32. The Bertz CT molecular complexity index is 153. The molecular formula is C10H21O4. The van der Waals surface area contributed by atoms with Gasteiger partial charge in [0.2, 0.25) is 0 Å². The summed E-state index contributed by atoms with van der Waals surface area (Å²) < 4.78 is 0.